The molecule has 0 bridgehead atoms. The molecule has 1 aromatic carbocycles. The van der Waals surface area contributed by atoms with Crippen LogP contribution in [0.1, 0.15) is 42.7 Å². The van der Waals surface area contributed by atoms with Crippen LogP contribution in [0.25, 0.3) is 0 Å². The zero-order chi connectivity index (χ0) is 17.8. The Balaban J connectivity index is 0.00000182. The van der Waals surface area contributed by atoms with Gasteiger partial charge in [-0.2, -0.15) is 0 Å². The molecule has 0 aromatic heterocycles. The predicted molar refractivity (Wildman–Crippen MR) is 120 cm³/mol. The zero-order valence-electron chi connectivity index (χ0n) is 16.6. The second-order valence-electron chi connectivity index (χ2n) is 7.57. The molecule has 1 amide bonds. The monoisotopic (exact) mass is 433 g/mol. The van der Waals surface area contributed by atoms with Gasteiger partial charge in [0.2, 0.25) is 5.91 Å². The third-order valence-corrected chi connectivity index (χ3v) is 6.58. The maximum Gasteiger partial charge on any atom is 0.233 e. The highest BCUT2D eigenvalue weighted by molar-refractivity contribution is 8.00. The van der Waals surface area contributed by atoms with E-state index in [0.717, 1.165) is 45.7 Å². The lowest BCUT2D eigenvalue weighted by molar-refractivity contribution is -0.128. The molecule has 154 valence electrons. The van der Waals surface area contributed by atoms with E-state index < -0.39 is 0 Å². The summed E-state index contributed by atoms with van der Waals surface area (Å²) in [5.41, 5.74) is 2.62. The molecular formula is C20H33Cl2N3OS. The summed E-state index contributed by atoms with van der Waals surface area (Å²) in [6.07, 6.45) is 1.07. The van der Waals surface area contributed by atoms with Crippen molar-refractivity contribution in [2.45, 2.75) is 31.6 Å². The molecule has 2 heterocycles. The lowest BCUT2D eigenvalue weighted by Crippen LogP contribution is -2.45. The number of carbonyl (C=O) groups excluding carboxylic acids is 1. The first-order valence-electron chi connectivity index (χ1n) is 9.46. The number of nitrogens with zero attached hydrogens (tertiary/aromatic N) is 3. The van der Waals surface area contributed by atoms with Crippen molar-refractivity contribution in [1.82, 2.24) is 14.7 Å². The van der Waals surface area contributed by atoms with E-state index >= 15 is 0 Å². The maximum absolute atomic E-state index is 12.3. The average molecular weight is 434 g/mol. The van der Waals surface area contributed by atoms with E-state index in [2.05, 4.69) is 59.9 Å². The van der Waals surface area contributed by atoms with Crippen molar-refractivity contribution < 1.29 is 4.79 Å². The van der Waals surface area contributed by atoms with Crippen molar-refractivity contribution in [3.63, 3.8) is 0 Å². The van der Waals surface area contributed by atoms with Gasteiger partial charge >= 0.3 is 0 Å². The third-order valence-electron chi connectivity index (χ3n) is 5.33. The summed E-state index contributed by atoms with van der Waals surface area (Å²) in [4.78, 5) is 19.3. The Morgan fingerprint density at radius 3 is 2.26 bits per heavy atom. The van der Waals surface area contributed by atoms with Crippen molar-refractivity contribution >= 4 is 42.5 Å². The second-order valence-corrected chi connectivity index (χ2v) is 8.64. The van der Waals surface area contributed by atoms with Gasteiger partial charge < -0.3 is 14.7 Å². The molecule has 0 spiro atoms. The Bertz CT molecular complexity index is 577. The van der Waals surface area contributed by atoms with Crippen LogP contribution in [-0.4, -0.2) is 72.7 Å². The SMILES string of the molecule is CC(C)c1ccc(C2SCC(=O)N2CCCN2CCN(C)CC2)cc1.Cl.Cl. The summed E-state index contributed by atoms with van der Waals surface area (Å²) in [5.74, 6) is 1.46. The van der Waals surface area contributed by atoms with Crippen LogP contribution in [0.3, 0.4) is 0 Å². The van der Waals surface area contributed by atoms with Gasteiger partial charge in [0.15, 0.2) is 0 Å². The fraction of sp³-hybridized carbons (Fsp3) is 0.650. The van der Waals surface area contributed by atoms with Crippen LogP contribution in [0.2, 0.25) is 0 Å². The highest BCUT2D eigenvalue weighted by Crippen LogP contribution is 2.38. The number of carbonyl (C=O) groups is 1. The molecule has 27 heavy (non-hydrogen) atoms. The van der Waals surface area contributed by atoms with Gasteiger partial charge in [0.05, 0.1) is 5.75 Å². The zero-order valence-corrected chi connectivity index (χ0v) is 19.0. The van der Waals surface area contributed by atoms with E-state index in [1.54, 1.807) is 11.8 Å². The van der Waals surface area contributed by atoms with Crippen molar-refractivity contribution in [2.24, 2.45) is 0 Å². The Morgan fingerprint density at radius 2 is 1.67 bits per heavy atom. The normalized spacial score (nSPS) is 21.3. The number of likely N-dealkylation sites (N-methyl/N-ethyl adjacent to an activating group) is 1. The first-order chi connectivity index (χ1) is 12.0. The fourth-order valence-corrected chi connectivity index (χ4v) is 4.77. The molecule has 0 radical (unpaired) electrons. The lowest BCUT2D eigenvalue weighted by Gasteiger charge is -2.33. The number of hydrogen-bond donors (Lipinski definition) is 0. The lowest BCUT2D eigenvalue weighted by atomic mass is 10.0. The molecule has 4 nitrogen and oxygen atoms in total. The maximum atomic E-state index is 12.3. The highest BCUT2D eigenvalue weighted by Gasteiger charge is 2.32. The largest absolute Gasteiger partial charge is 0.326 e. The van der Waals surface area contributed by atoms with Gasteiger partial charge in [-0.1, -0.05) is 38.1 Å². The van der Waals surface area contributed by atoms with E-state index in [0.29, 0.717) is 17.6 Å². The quantitative estimate of drug-likeness (QED) is 0.679. The van der Waals surface area contributed by atoms with Crippen molar-refractivity contribution in [2.75, 3.05) is 52.1 Å². The van der Waals surface area contributed by atoms with Gasteiger partial charge in [0.25, 0.3) is 0 Å². The first-order valence-corrected chi connectivity index (χ1v) is 10.5. The molecule has 0 N–H and O–H groups in total. The van der Waals surface area contributed by atoms with Crippen molar-refractivity contribution in [3.05, 3.63) is 35.4 Å². The molecule has 3 rings (SSSR count). The van der Waals surface area contributed by atoms with Gasteiger partial charge in [0, 0.05) is 32.7 Å². The van der Waals surface area contributed by atoms with Crippen molar-refractivity contribution in [3.8, 4) is 0 Å². The molecule has 2 aliphatic heterocycles. The number of benzene rings is 1. The Hall–Kier alpha value is -0.460. The van der Waals surface area contributed by atoms with Crippen LogP contribution in [0.5, 0.6) is 0 Å². The average Bonchev–Trinajstić information content (AvgIpc) is 2.98. The molecule has 7 heteroatoms. The summed E-state index contributed by atoms with van der Waals surface area (Å²) < 4.78 is 0. The number of rotatable bonds is 6. The van der Waals surface area contributed by atoms with Gasteiger partial charge in [-0.15, -0.1) is 36.6 Å². The number of amides is 1. The molecule has 2 saturated heterocycles. The first kappa shape index (κ1) is 24.6. The van der Waals surface area contributed by atoms with Crippen LogP contribution >= 0.6 is 36.6 Å². The third kappa shape index (κ3) is 6.53. The minimum atomic E-state index is 0. The van der Waals surface area contributed by atoms with E-state index in [1.165, 1.54) is 11.1 Å². The smallest absolute Gasteiger partial charge is 0.233 e. The highest BCUT2D eigenvalue weighted by atomic mass is 35.5. The minimum absolute atomic E-state index is 0. The minimum Gasteiger partial charge on any atom is -0.326 e. The molecule has 2 fully saturated rings. The molecule has 0 saturated carbocycles. The Kier molecular flexibility index (Phi) is 10.5. The van der Waals surface area contributed by atoms with Crippen LogP contribution in [0, 0.1) is 0 Å². The molecule has 0 aliphatic carbocycles. The van der Waals surface area contributed by atoms with Gasteiger partial charge in [-0.25, -0.2) is 0 Å². The summed E-state index contributed by atoms with van der Waals surface area (Å²) in [7, 11) is 2.19. The predicted octanol–water partition coefficient (Wildman–Crippen LogP) is 3.87. The van der Waals surface area contributed by atoms with Crippen LogP contribution in [0.4, 0.5) is 0 Å². The number of halogens is 2. The molecular weight excluding hydrogens is 401 g/mol. The summed E-state index contributed by atoms with van der Waals surface area (Å²) in [5, 5.41) is 0.196. The van der Waals surface area contributed by atoms with E-state index in [4.69, 9.17) is 0 Å². The van der Waals surface area contributed by atoms with E-state index in [1.807, 2.05) is 0 Å². The standard InChI is InChI=1S/C20H31N3OS.2ClH/c1-16(2)17-5-7-18(8-6-17)20-23(19(24)15-25-20)10-4-9-22-13-11-21(3)12-14-22;;/h5-8,16,20H,4,9-15H2,1-3H3;2*1H. The molecule has 1 unspecified atom stereocenters. The topological polar surface area (TPSA) is 26.8 Å². The molecule has 1 aromatic rings. The summed E-state index contributed by atoms with van der Waals surface area (Å²) in [6.45, 7) is 11.0. The summed E-state index contributed by atoms with van der Waals surface area (Å²) >= 11 is 1.77. The van der Waals surface area contributed by atoms with Gasteiger partial charge in [-0.05, 0) is 37.1 Å². The van der Waals surface area contributed by atoms with Crippen LogP contribution in [0.15, 0.2) is 24.3 Å². The number of hydrogen-bond acceptors (Lipinski definition) is 4. The summed E-state index contributed by atoms with van der Waals surface area (Å²) in [6, 6.07) is 8.84. The van der Waals surface area contributed by atoms with Crippen LogP contribution in [-0.2, 0) is 4.79 Å². The van der Waals surface area contributed by atoms with E-state index in [9.17, 15) is 4.79 Å². The number of piperazine rings is 1. The van der Waals surface area contributed by atoms with Crippen molar-refractivity contribution in [1.29, 1.82) is 0 Å². The van der Waals surface area contributed by atoms with Gasteiger partial charge in [0.1, 0.15) is 5.37 Å². The Morgan fingerprint density at radius 1 is 1.04 bits per heavy atom. The number of thioether (sulfide) groups is 1. The second kappa shape index (κ2) is 11.5. The molecule has 1 atom stereocenters. The molecule has 2 aliphatic rings. The van der Waals surface area contributed by atoms with Crippen LogP contribution < -0.4 is 0 Å². The Labute approximate surface area is 180 Å². The van der Waals surface area contributed by atoms with E-state index in [-0.39, 0.29) is 30.2 Å². The fourth-order valence-electron chi connectivity index (χ4n) is 3.55. The van der Waals surface area contributed by atoms with Gasteiger partial charge in [-0.3, -0.25) is 4.79 Å².